The van der Waals surface area contributed by atoms with Gasteiger partial charge in [-0.15, -0.1) is 0 Å². The van der Waals surface area contributed by atoms with Crippen LogP contribution in [0.15, 0.2) is 84.9 Å². The number of carbonyl (C=O) groups excluding carboxylic acids is 2. The smallest absolute Gasteiger partial charge is 0.261 e. The van der Waals surface area contributed by atoms with Gasteiger partial charge in [0.2, 0.25) is 5.91 Å². The Morgan fingerprint density at radius 2 is 1.57 bits per heavy atom. The monoisotopic (exact) mass is 470 g/mol. The van der Waals surface area contributed by atoms with Crippen molar-refractivity contribution in [2.75, 3.05) is 6.61 Å². The average molecular weight is 471 g/mol. The van der Waals surface area contributed by atoms with Crippen molar-refractivity contribution >= 4 is 11.8 Å². The Morgan fingerprint density at radius 3 is 2.26 bits per heavy atom. The van der Waals surface area contributed by atoms with Crippen LogP contribution in [-0.4, -0.2) is 35.4 Å². The van der Waals surface area contributed by atoms with Crippen LogP contribution in [0.4, 0.5) is 0 Å². The Bertz CT molecular complexity index is 1090. The van der Waals surface area contributed by atoms with E-state index in [1.807, 2.05) is 85.8 Å². The molecule has 0 aliphatic heterocycles. The number of hydrogen-bond acceptors (Lipinski definition) is 3. The molecule has 0 spiro atoms. The van der Waals surface area contributed by atoms with Crippen LogP contribution in [-0.2, 0) is 22.6 Å². The van der Waals surface area contributed by atoms with Gasteiger partial charge >= 0.3 is 0 Å². The van der Waals surface area contributed by atoms with Crippen LogP contribution >= 0.6 is 0 Å². The number of nitrogens with one attached hydrogen (secondary N) is 1. The summed E-state index contributed by atoms with van der Waals surface area (Å²) in [4.78, 5) is 28.9. The number of carbonyl (C=O) groups is 2. The lowest BCUT2D eigenvalue weighted by Crippen LogP contribution is -2.53. The molecule has 1 N–H and O–H groups in total. The molecule has 0 bridgehead atoms. The Morgan fingerprint density at radius 1 is 0.914 bits per heavy atom. The van der Waals surface area contributed by atoms with Crippen LogP contribution in [0.25, 0.3) is 0 Å². The maximum absolute atomic E-state index is 13.6. The molecule has 3 aromatic carbocycles. The predicted octanol–water partition coefficient (Wildman–Crippen LogP) is 5.07. The largest absolute Gasteiger partial charge is 0.484 e. The van der Waals surface area contributed by atoms with Crippen LogP contribution in [0.3, 0.4) is 0 Å². The summed E-state index contributed by atoms with van der Waals surface area (Å²) in [6, 6.07) is 26.8. The fourth-order valence-electron chi connectivity index (χ4n) is 4.67. The Balaban J connectivity index is 1.61. The second kappa shape index (κ2) is 12.2. The zero-order valence-electron chi connectivity index (χ0n) is 20.4. The maximum Gasteiger partial charge on any atom is 0.261 e. The van der Waals surface area contributed by atoms with Gasteiger partial charge in [-0.3, -0.25) is 9.59 Å². The lowest BCUT2D eigenvalue weighted by atomic mass is 10.0. The van der Waals surface area contributed by atoms with Gasteiger partial charge in [-0.1, -0.05) is 91.2 Å². The minimum Gasteiger partial charge on any atom is -0.484 e. The van der Waals surface area contributed by atoms with E-state index in [9.17, 15) is 9.59 Å². The van der Waals surface area contributed by atoms with Gasteiger partial charge in [-0.05, 0) is 43.0 Å². The molecule has 1 saturated carbocycles. The van der Waals surface area contributed by atoms with E-state index in [0.29, 0.717) is 18.7 Å². The van der Waals surface area contributed by atoms with Gasteiger partial charge < -0.3 is 15.0 Å². The summed E-state index contributed by atoms with van der Waals surface area (Å²) in [5.74, 6) is 0.325. The second-order valence-corrected chi connectivity index (χ2v) is 9.31. The van der Waals surface area contributed by atoms with E-state index in [1.54, 1.807) is 4.90 Å². The first-order valence-corrected chi connectivity index (χ1v) is 12.5. The lowest BCUT2D eigenvalue weighted by molar-refractivity contribution is -0.143. The van der Waals surface area contributed by atoms with Crippen LogP contribution in [0.2, 0.25) is 0 Å². The number of aryl methyl sites for hydroxylation is 1. The van der Waals surface area contributed by atoms with Crippen LogP contribution in [0.1, 0.15) is 42.4 Å². The van der Waals surface area contributed by atoms with Gasteiger partial charge in [0.15, 0.2) is 6.61 Å². The molecule has 0 unspecified atom stereocenters. The fourth-order valence-corrected chi connectivity index (χ4v) is 4.67. The summed E-state index contributed by atoms with van der Waals surface area (Å²) in [5, 5.41) is 3.23. The van der Waals surface area contributed by atoms with Crippen molar-refractivity contribution in [3.05, 3.63) is 102 Å². The number of ether oxygens (including phenoxy) is 1. The number of para-hydroxylation sites is 1. The minimum absolute atomic E-state index is 0.0959. The molecule has 182 valence electrons. The minimum atomic E-state index is -0.634. The van der Waals surface area contributed by atoms with Crippen LogP contribution in [0.5, 0.6) is 5.75 Å². The van der Waals surface area contributed by atoms with Gasteiger partial charge in [0.1, 0.15) is 11.8 Å². The Hall–Kier alpha value is -3.60. The average Bonchev–Trinajstić information content (AvgIpc) is 3.39. The first-order valence-electron chi connectivity index (χ1n) is 12.5. The summed E-state index contributed by atoms with van der Waals surface area (Å²) in [6.07, 6.45) is 4.69. The molecule has 0 saturated heterocycles. The van der Waals surface area contributed by atoms with Gasteiger partial charge in [0, 0.05) is 19.0 Å². The highest BCUT2D eigenvalue weighted by Gasteiger charge is 2.32. The zero-order chi connectivity index (χ0) is 24.5. The summed E-state index contributed by atoms with van der Waals surface area (Å²) < 4.78 is 5.80. The molecular formula is C30H34N2O3. The molecule has 1 atom stereocenters. The van der Waals surface area contributed by atoms with Gasteiger partial charge in [-0.2, -0.15) is 0 Å². The Labute approximate surface area is 208 Å². The zero-order valence-corrected chi connectivity index (χ0v) is 20.4. The van der Waals surface area contributed by atoms with Gasteiger partial charge in [0.25, 0.3) is 5.91 Å². The van der Waals surface area contributed by atoms with E-state index >= 15 is 0 Å². The molecule has 0 aromatic heterocycles. The van der Waals surface area contributed by atoms with Crippen LogP contribution < -0.4 is 10.1 Å². The topological polar surface area (TPSA) is 58.6 Å². The van der Waals surface area contributed by atoms with E-state index < -0.39 is 6.04 Å². The number of benzene rings is 3. The number of rotatable bonds is 10. The second-order valence-electron chi connectivity index (χ2n) is 9.31. The van der Waals surface area contributed by atoms with Crippen molar-refractivity contribution in [2.24, 2.45) is 0 Å². The van der Waals surface area contributed by atoms with Crippen molar-refractivity contribution in [1.29, 1.82) is 0 Å². The fraction of sp³-hybridized carbons (Fsp3) is 0.333. The van der Waals surface area contributed by atoms with Crippen molar-refractivity contribution in [3.63, 3.8) is 0 Å². The molecule has 1 fully saturated rings. The predicted molar refractivity (Wildman–Crippen MR) is 138 cm³/mol. The standard InChI is InChI=1S/C30H34N2O3/c1-23-11-10-14-25(19-23)21-32(29(33)22-35-27-17-6-3-7-18-27)28(20-24-12-4-2-5-13-24)30(34)31-26-15-8-9-16-26/h2-7,10-14,17-19,26,28H,8-9,15-16,20-22H2,1H3,(H,31,34)/t28-/m1/s1. The summed E-state index contributed by atoms with van der Waals surface area (Å²) in [5.41, 5.74) is 3.13. The molecule has 0 radical (unpaired) electrons. The first kappa shape index (κ1) is 24.5. The molecule has 5 nitrogen and oxygen atoms in total. The normalized spacial score (nSPS) is 14.3. The van der Waals surface area contributed by atoms with E-state index in [1.165, 1.54) is 0 Å². The third kappa shape index (κ3) is 7.19. The molecule has 4 rings (SSSR count). The molecule has 3 aromatic rings. The van der Waals surface area contributed by atoms with E-state index in [0.717, 1.165) is 42.4 Å². The molecule has 2 amide bonds. The number of nitrogens with zero attached hydrogens (tertiary/aromatic N) is 1. The summed E-state index contributed by atoms with van der Waals surface area (Å²) in [7, 11) is 0. The highest BCUT2D eigenvalue weighted by Crippen LogP contribution is 2.20. The summed E-state index contributed by atoms with van der Waals surface area (Å²) in [6.45, 7) is 2.24. The highest BCUT2D eigenvalue weighted by atomic mass is 16.5. The van der Waals surface area contributed by atoms with Crippen molar-refractivity contribution in [1.82, 2.24) is 10.2 Å². The third-order valence-electron chi connectivity index (χ3n) is 6.51. The summed E-state index contributed by atoms with van der Waals surface area (Å²) >= 11 is 0. The van der Waals surface area contributed by atoms with Crippen molar-refractivity contribution in [3.8, 4) is 5.75 Å². The molecule has 35 heavy (non-hydrogen) atoms. The molecule has 5 heteroatoms. The Kier molecular flexibility index (Phi) is 8.55. The number of amides is 2. The van der Waals surface area contributed by atoms with E-state index in [4.69, 9.17) is 4.74 Å². The van der Waals surface area contributed by atoms with E-state index in [2.05, 4.69) is 11.4 Å². The molecule has 1 aliphatic carbocycles. The molecular weight excluding hydrogens is 436 g/mol. The maximum atomic E-state index is 13.6. The highest BCUT2D eigenvalue weighted by molar-refractivity contribution is 5.88. The molecule has 1 aliphatic rings. The third-order valence-corrected chi connectivity index (χ3v) is 6.51. The van der Waals surface area contributed by atoms with Gasteiger partial charge in [0.05, 0.1) is 0 Å². The van der Waals surface area contributed by atoms with Crippen molar-refractivity contribution < 1.29 is 14.3 Å². The number of hydrogen-bond donors (Lipinski definition) is 1. The van der Waals surface area contributed by atoms with Crippen LogP contribution in [0, 0.1) is 6.92 Å². The quantitative estimate of drug-likeness (QED) is 0.450. The lowest BCUT2D eigenvalue weighted by Gasteiger charge is -2.32. The first-order chi connectivity index (χ1) is 17.1. The van der Waals surface area contributed by atoms with Gasteiger partial charge in [-0.25, -0.2) is 0 Å². The van der Waals surface area contributed by atoms with Crippen molar-refractivity contribution in [2.45, 2.75) is 57.7 Å². The van der Waals surface area contributed by atoms with E-state index in [-0.39, 0.29) is 24.5 Å². The SMILES string of the molecule is Cc1cccc(CN(C(=O)COc2ccccc2)[C@H](Cc2ccccc2)C(=O)NC2CCCC2)c1. The molecule has 0 heterocycles.